The van der Waals surface area contributed by atoms with Crippen molar-refractivity contribution in [1.29, 1.82) is 5.26 Å². The van der Waals surface area contributed by atoms with E-state index in [1.807, 2.05) is 24.3 Å². The molecule has 0 bridgehead atoms. The summed E-state index contributed by atoms with van der Waals surface area (Å²) in [6, 6.07) is 14.3. The number of rotatable bonds is 11. The number of fused-ring (bicyclic) bond motifs is 1. The van der Waals surface area contributed by atoms with Crippen LogP contribution in [0.3, 0.4) is 0 Å². The molecule has 2 N–H and O–H groups in total. The van der Waals surface area contributed by atoms with Gasteiger partial charge < -0.3 is 24.8 Å². The molecular formula is C24H29N3O4. The van der Waals surface area contributed by atoms with E-state index in [1.165, 1.54) is 18.5 Å². The number of hydrogen-bond donors (Lipinski definition) is 2. The molecule has 1 heterocycles. The van der Waals surface area contributed by atoms with Crippen molar-refractivity contribution in [2.24, 2.45) is 0 Å². The highest BCUT2D eigenvalue weighted by molar-refractivity contribution is 6.03. The summed E-state index contributed by atoms with van der Waals surface area (Å²) in [5.41, 5.74) is 2.08. The molecule has 1 aliphatic heterocycles. The van der Waals surface area contributed by atoms with Crippen LogP contribution in [0, 0.1) is 11.3 Å². The number of carbonyl (C=O) groups is 1. The van der Waals surface area contributed by atoms with Gasteiger partial charge >= 0.3 is 0 Å². The predicted octanol–water partition coefficient (Wildman–Crippen LogP) is 2.49. The Balaban J connectivity index is 1.61. The highest BCUT2D eigenvalue weighted by atomic mass is 16.5. The second kappa shape index (κ2) is 12.1. The molecular weight excluding hydrogens is 394 g/mol. The fraction of sp³-hybridized carbons (Fsp3) is 0.417. The minimum atomic E-state index is -0.421. The lowest BCUT2D eigenvalue weighted by atomic mass is 10.0. The van der Waals surface area contributed by atoms with E-state index in [4.69, 9.17) is 14.6 Å². The summed E-state index contributed by atoms with van der Waals surface area (Å²) in [5, 5.41) is 23.1. The van der Waals surface area contributed by atoms with Crippen LogP contribution in [0.1, 0.15) is 18.4 Å². The third-order valence-corrected chi connectivity index (χ3v) is 5.15. The van der Waals surface area contributed by atoms with Crippen LogP contribution in [-0.4, -0.2) is 63.7 Å². The molecule has 0 aliphatic carbocycles. The predicted molar refractivity (Wildman–Crippen MR) is 121 cm³/mol. The van der Waals surface area contributed by atoms with E-state index in [9.17, 15) is 10.1 Å². The van der Waals surface area contributed by atoms with Crippen LogP contribution in [0.5, 0.6) is 0 Å². The second-order valence-corrected chi connectivity index (χ2v) is 7.33. The fourth-order valence-electron chi connectivity index (χ4n) is 3.63. The van der Waals surface area contributed by atoms with Gasteiger partial charge in [-0.25, -0.2) is 0 Å². The molecule has 0 unspecified atom stereocenters. The lowest BCUT2D eigenvalue weighted by molar-refractivity contribution is -0.117. The Morgan fingerprint density at radius 3 is 2.65 bits per heavy atom. The Labute approximate surface area is 182 Å². The molecule has 0 radical (unpaired) electrons. The molecule has 1 fully saturated rings. The summed E-state index contributed by atoms with van der Waals surface area (Å²) in [4.78, 5) is 14.8. The molecule has 2 aromatic carbocycles. The molecule has 0 saturated carbocycles. The molecule has 1 aliphatic rings. The summed E-state index contributed by atoms with van der Waals surface area (Å²) >= 11 is 0. The zero-order chi connectivity index (χ0) is 21.9. The Morgan fingerprint density at radius 2 is 1.90 bits per heavy atom. The number of benzene rings is 2. The van der Waals surface area contributed by atoms with Gasteiger partial charge in [0.1, 0.15) is 11.6 Å². The first-order valence-electron chi connectivity index (χ1n) is 10.7. The third-order valence-electron chi connectivity index (χ3n) is 5.15. The molecule has 1 saturated heterocycles. The average molecular weight is 424 g/mol. The summed E-state index contributed by atoms with van der Waals surface area (Å²) in [6.45, 7) is 3.77. The van der Waals surface area contributed by atoms with Gasteiger partial charge in [0.15, 0.2) is 0 Å². The summed E-state index contributed by atoms with van der Waals surface area (Å²) in [6.07, 6.45) is 4.03. The first-order chi connectivity index (χ1) is 15.2. The van der Waals surface area contributed by atoms with Crippen LogP contribution in [-0.2, 0) is 14.3 Å². The van der Waals surface area contributed by atoms with Crippen LogP contribution in [0.15, 0.2) is 42.0 Å². The van der Waals surface area contributed by atoms with E-state index >= 15 is 0 Å². The largest absolute Gasteiger partial charge is 0.394 e. The minimum Gasteiger partial charge on any atom is -0.394 e. The number of nitrogens with zero attached hydrogens (tertiary/aromatic N) is 2. The molecule has 7 heteroatoms. The van der Waals surface area contributed by atoms with Crippen LogP contribution in [0.25, 0.3) is 16.8 Å². The molecule has 1 amide bonds. The third kappa shape index (κ3) is 6.53. The Hall–Kier alpha value is -2.92. The summed E-state index contributed by atoms with van der Waals surface area (Å²) in [7, 11) is 0. The van der Waals surface area contributed by atoms with E-state index < -0.39 is 5.91 Å². The van der Waals surface area contributed by atoms with Gasteiger partial charge in [-0.15, -0.1) is 0 Å². The van der Waals surface area contributed by atoms with E-state index in [0.717, 1.165) is 29.4 Å². The lowest BCUT2D eigenvalue weighted by Gasteiger charge is -2.20. The normalized spacial score (nSPS) is 14.1. The number of hydrogen-bond acceptors (Lipinski definition) is 6. The number of nitrogens with one attached hydrogen (secondary N) is 1. The quantitative estimate of drug-likeness (QED) is 0.328. The monoisotopic (exact) mass is 423 g/mol. The number of anilines is 1. The van der Waals surface area contributed by atoms with Gasteiger partial charge in [0.05, 0.1) is 33.0 Å². The Morgan fingerprint density at radius 1 is 1.13 bits per heavy atom. The Bertz CT molecular complexity index is 945. The van der Waals surface area contributed by atoms with E-state index in [-0.39, 0.29) is 18.8 Å². The van der Waals surface area contributed by atoms with Crippen molar-refractivity contribution in [2.45, 2.75) is 12.8 Å². The van der Waals surface area contributed by atoms with E-state index in [0.29, 0.717) is 26.4 Å². The van der Waals surface area contributed by atoms with Crippen LogP contribution in [0.4, 0.5) is 5.69 Å². The number of aliphatic hydroxyl groups is 1. The minimum absolute atomic E-state index is 0.0178. The van der Waals surface area contributed by atoms with Crippen molar-refractivity contribution in [2.75, 3.05) is 57.6 Å². The van der Waals surface area contributed by atoms with Crippen molar-refractivity contribution < 1.29 is 19.4 Å². The first-order valence-corrected chi connectivity index (χ1v) is 10.7. The molecule has 0 aromatic heterocycles. The van der Waals surface area contributed by atoms with Gasteiger partial charge in [0, 0.05) is 30.7 Å². The molecule has 0 atom stereocenters. The van der Waals surface area contributed by atoms with E-state index in [2.05, 4.69) is 28.4 Å². The molecule has 31 heavy (non-hydrogen) atoms. The van der Waals surface area contributed by atoms with Crippen molar-refractivity contribution in [3.05, 3.63) is 47.5 Å². The van der Waals surface area contributed by atoms with Gasteiger partial charge in [-0.2, -0.15) is 5.26 Å². The van der Waals surface area contributed by atoms with Gasteiger partial charge in [0.25, 0.3) is 5.91 Å². The van der Waals surface area contributed by atoms with Crippen LogP contribution < -0.4 is 10.2 Å². The average Bonchev–Trinajstić information content (AvgIpc) is 3.33. The van der Waals surface area contributed by atoms with Gasteiger partial charge in [-0.05, 0) is 42.0 Å². The van der Waals surface area contributed by atoms with E-state index in [1.54, 1.807) is 6.08 Å². The maximum absolute atomic E-state index is 12.4. The molecule has 2 aromatic rings. The number of ether oxygens (including phenoxy) is 2. The van der Waals surface area contributed by atoms with Gasteiger partial charge in [0.2, 0.25) is 0 Å². The van der Waals surface area contributed by atoms with Crippen LogP contribution in [0.2, 0.25) is 0 Å². The SMILES string of the molecule is N#C/C(=C\c1ccc2cccc(N3CCCC3)c2c1)C(=O)NCCOCCOCCO. The second-order valence-electron chi connectivity index (χ2n) is 7.33. The topological polar surface area (TPSA) is 94.8 Å². The van der Waals surface area contributed by atoms with Crippen molar-refractivity contribution in [1.82, 2.24) is 5.32 Å². The smallest absolute Gasteiger partial charge is 0.262 e. The molecule has 0 spiro atoms. The zero-order valence-corrected chi connectivity index (χ0v) is 17.7. The maximum atomic E-state index is 12.4. The van der Waals surface area contributed by atoms with Crippen molar-refractivity contribution in [3.8, 4) is 6.07 Å². The highest BCUT2D eigenvalue weighted by Crippen LogP contribution is 2.30. The first kappa shape index (κ1) is 22.8. The van der Waals surface area contributed by atoms with Crippen molar-refractivity contribution >= 4 is 28.4 Å². The molecule has 164 valence electrons. The number of amides is 1. The summed E-state index contributed by atoms with van der Waals surface area (Å²) in [5.74, 6) is -0.421. The maximum Gasteiger partial charge on any atom is 0.262 e. The number of nitriles is 1. The lowest BCUT2D eigenvalue weighted by Crippen LogP contribution is -2.28. The fourth-order valence-corrected chi connectivity index (χ4v) is 3.63. The van der Waals surface area contributed by atoms with Gasteiger partial charge in [-0.1, -0.05) is 24.3 Å². The van der Waals surface area contributed by atoms with Crippen molar-refractivity contribution in [3.63, 3.8) is 0 Å². The van der Waals surface area contributed by atoms with Gasteiger partial charge in [-0.3, -0.25) is 4.79 Å². The highest BCUT2D eigenvalue weighted by Gasteiger charge is 2.15. The molecule has 3 rings (SSSR count). The number of aliphatic hydroxyl groups excluding tert-OH is 1. The molecule has 7 nitrogen and oxygen atoms in total. The zero-order valence-electron chi connectivity index (χ0n) is 17.7. The summed E-state index contributed by atoms with van der Waals surface area (Å²) < 4.78 is 10.4. The standard InChI is InChI=1S/C24H29N3O4/c25-18-21(24(29)26-8-12-30-14-15-31-13-11-28)16-19-6-7-20-4-3-5-23(22(20)17-19)27-9-1-2-10-27/h3-7,16-17,28H,1-2,8-15H2,(H,26,29)/b21-16+. The number of carbonyl (C=O) groups excluding carboxylic acids is 1. The van der Waals surface area contributed by atoms with Crippen LogP contribution >= 0.6 is 0 Å². The Kier molecular flexibility index (Phi) is 8.85.